The SMILES string of the molecule is CC.CCc1ccc(C(C)O)cn1. The summed E-state index contributed by atoms with van der Waals surface area (Å²) in [4.78, 5) is 4.16. The van der Waals surface area contributed by atoms with Crippen molar-refractivity contribution in [3.63, 3.8) is 0 Å². The van der Waals surface area contributed by atoms with Gasteiger partial charge in [0.2, 0.25) is 0 Å². The first kappa shape index (κ1) is 12.1. The molecule has 1 heterocycles. The van der Waals surface area contributed by atoms with Gasteiger partial charge in [-0.3, -0.25) is 4.98 Å². The molecule has 1 unspecified atom stereocenters. The van der Waals surface area contributed by atoms with Crippen molar-refractivity contribution in [3.8, 4) is 0 Å². The molecule has 0 spiro atoms. The summed E-state index contributed by atoms with van der Waals surface area (Å²) in [7, 11) is 0. The predicted octanol–water partition coefficient (Wildman–Crippen LogP) is 2.72. The van der Waals surface area contributed by atoms with Crippen molar-refractivity contribution in [2.24, 2.45) is 0 Å². The molecule has 1 rings (SSSR count). The molecule has 0 aliphatic rings. The van der Waals surface area contributed by atoms with Crippen LogP contribution in [-0.4, -0.2) is 10.1 Å². The third-order valence-electron chi connectivity index (χ3n) is 1.69. The Bertz CT molecular complexity index is 216. The van der Waals surface area contributed by atoms with Crippen LogP contribution in [-0.2, 0) is 6.42 Å². The number of nitrogens with zero attached hydrogens (tertiary/aromatic N) is 1. The van der Waals surface area contributed by atoms with E-state index in [2.05, 4.69) is 11.9 Å². The maximum atomic E-state index is 9.15. The van der Waals surface area contributed by atoms with Gasteiger partial charge in [-0.05, 0) is 25.0 Å². The minimum atomic E-state index is -0.409. The second-order valence-corrected chi connectivity index (χ2v) is 2.61. The van der Waals surface area contributed by atoms with Crippen LogP contribution in [0, 0.1) is 0 Å². The molecule has 0 fully saturated rings. The fraction of sp³-hybridized carbons (Fsp3) is 0.545. The number of pyridine rings is 1. The molecule has 74 valence electrons. The summed E-state index contributed by atoms with van der Waals surface area (Å²) >= 11 is 0. The highest BCUT2D eigenvalue weighted by molar-refractivity contribution is 5.15. The van der Waals surface area contributed by atoms with Crippen molar-refractivity contribution >= 4 is 0 Å². The zero-order valence-corrected chi connectivity index (χ0v) is 8.91. The van der Waals surface area contributed by atoms with Gasteiger partial charge in [-0.25, -0.2) is 0 Å². The molecule has 0 bridgehead atoms. The van der Waals surface area contributed by atoms with Crippen LogP contribution in [0.25, 0.3) is 0 Å². The van der Waals surface area contributed by atoms with Crippen LogP contribution in [0.1, 0.15) is 45.1 Å². The summed E-state index contributed by atoms with van der Waals surface area (Å²) in [5.74, 6) is 0. The Kier molecular flexibility index (Phi) is 6.15. The quantitative estimate of drug-likeness (QED) is 0.761. The minimum absolute atomic E-state index is 0.409. The Balaban J connectivity index is 0.000000671. The summed E-state index contributed by atoms with van der Waals surface area (Å²) in [6.45, 7) is 7.80. The lowest BCUT2D eigenvalue weighted by atomic mass is 10.1. The van der Waals surface area contributed by atoms with Crippen molar-refractivity contribution in [2.45, 2.75) is 40.2 Å². The van der Waals surface area contributed by atoms with E-state index in [1.54, 1.807) is 13.1 Å². The summed E-state index contributed by atoms with van der Waals surface area (Å²) in [5, 5.41) is 9.15. The molecule has 0 radical (unpaired) electrons. The smallest absolute Gasteiger partial charge is 0.0776 e. The lowest BCUT2D eigenvalue weighted by molar-refractivity contribution is 0.199. The van der Waals surface area contributed by atoms with Crippen molar-refractivity contribution in [1.29, 1.82) is 0 Å². The molecule has 0 aliphatic heterocycles. The van der Waals surface area contributed by atoms with Crippen LogP contribution in [0.3, 0.4) is 0 Å². The van der Waals surface area contributed by atoms with E-state index < -0.39 is 6.10 Å². The average Bonchev–Trinajstić information content (AvgIpc) is 2.21. The number of hydrogen-bond donors (Lipinski definition) is 1. The van der Waals surface area contributed by atoms with Crippen LogP contribution in [0.2, 0.25) is 0 Å². The Morgan fingerprint density at radius 1 is 1.38 bits per heavy atom. The van der Waals surface area contributed by atoms with Crippen molar-refractivity contribution in [1.82, 2.24) is 4.98 Å². The van der Waals surface area contributed by atoms with Gasteiger partial charge in [0.15, 0.2) is 0 Å². The van der Waals surface area contributed by atoms with Gasteiger partial charge in [-0.1, -0.05) is 26.8 Å². The standard InChI is InChI=1S/C9H13NO.C2H6/c1-3-9-5-4-8(6-10-9)7(2)11;1-2/h4-7,11H,3H2,1-2H3;1-2H3. The first-order valence-corrected chi connectivity index (χ1v) is 4.87. The topological polar surface area (TPSA) is 33.1 Å². The van der Waals surface area contributed by atoms with Gasteiger partial charge < -0.3 is 5.11 Å². The lowest BCUT2D eigenvalue weighted by Gasteiger charge is -2.03. The van der Waals surface area contributed by atoms with E-state index in [0.29, 0.717) is 0 Å². The number of aliphatic hydroxyl groups excluding tert-OH is 1. The summed E-state index contributed by atoms with van der Waals surface area (Å²) in [6, 6.07) is 3.86. The largest absolute Gasteiger partial charge is 0.389 e. The maximum Gasteiger partial charge on any atom is 0.0776 e. The van der Waals surface area contributed by atoms with E-state index in [1.165, 1.54) is 0 Å². The average molecular weight is 181 g/mol. The second-order valence-electron chi connectivity index (χ2n) is 2.61. The molecule has 1 aromatic rings. The van der Waals surface area contributed by atoms with Gasteiger partial charge in [0, 0.05) is 11.9 Å². The lowest BCUT2D eigenvalue weighted by Crippen LogP contribution is -1.93. The van der Waals surface area contributed by atoms with E-state index >= 15 is 0 Å². The van der Waals surface area contributed by atoms with E-state index in [1.807, 2.05) is 26.0 Å². The zero-order chi connectivity index (χ0) is 10.3. The normalized spacial score (nSPS) is 11.5. The fourth-order valence-corrected chi connectivity index (χ4v) is 0.892. The van der Waals surface area contributed by atoms with Gasteiger partial charge in [0.25, 0.3) is 0 Å². The van der Waals surface area contributed by atoms with Crippen molar-refractivity contribution in [2.75, 3.05) is 0 Å². The van der Waals surface area contributed by atoms with Gasteiger partial charge in [-0.2, -0.15) is 0 Å². The molecule has 1 atom stereocenters. The fourth-order valence-electron chi connectivity index (χ4n) is 0.892. The molecule has 13 heavy (non-hydrogen) atoms. The summed E-state index contributed by atoms with van der Waals surface area (Å²) in [5.41, 5.74) is 1.94. The molecule has 1 aromatic heterocycles. The monoisotopic (exact) mass is 181 g/mol. The van der Waals surface area contributed by atoms with Crippen LogP contribution in [0.4, 0.5) is 0 Å². The van der Waals surface area contributed by atoms with E-state index in [-0.39, 0.29) is 0 Å². The van der Waals surface area contributed by atoms with Gasteiger partial charge in [-0.15, -0.1) is 0 Å². The molecule has 1 N–H and O–H groups in total. The van der Waals surface area contributed by atoms with Crippen LogP contribution < -0.4 is 0 Å². The van der Waals surface area contributed by atoms with Crippen molar-refractivity contribution < 1.29 is 5.11 Å². The van der Waals surface area contributed by atoms with E-state index in [4.69, 9.17) is 5.11 Å². The van der Waals surface area contributed by atoms with Crippen LogP contribution in [0.15, 0.2) is 18.3 Å². The van der Waals surface area contributed by atoms with E-state index in [0.717, 1.165) is 17.7 Å². The predicted molar refractivity (Wildman–Crippen MR) is 55.6 cm³/mol. The number of hydrogen-bond acceptors (Lipinski definition) is 2. The molecule has 0 aliphatic carbocycles. The Labute approximate surface area is 80.6 Å². The first-order chi connectivity index (χ1) is 6.24. The van der Waals surface area contributed by atoms with Crippen LogP contribution >= 0.6 is 0 Å². The second kappa shape index (κ2) is 6.61. The molecular formula is C11H19NO. The number of aliphatic hydroxyl groups is 1. The summed E-state index contributed by atoms with van der Waals surface area (Å²) < 4.78 is 0. The third-order valence-corrected chi connectivity index (χ3v) is 1.69. The van der Waals surface area contributed by atoms with Crippen molar-refractivity contribution in [3.05, 3.63) is 29.6 Å². The highest BCUT2D eigenvalue weighted by Crippen LogP contribution is 2.10. The van der Waals surface area contributed by atoms with Crippen LogP contribution in [0.5, 0.6) is 0 Å². The molecular weight excluding hydrogens is 162 g/mol. The zero-order valence-electron chi connectivity index (χ0n) is 8.91. The molecule has 0 aromatic carbocycles. The molecule has 0 amide bonds. The van der Waals surface area contributed by atoms with Gasteiger partial charge >= 0.3 is 0 Å². The third kappa shape index (κ3) is 4.04. The number of aromatic nitrogens is 1. The Hall–Kier alpha value is -0.890. The van der Waals surface area contributed by atoms with Gasteiger partial charge in [0.05, 0.1) is 6.10 Å². The Morgan fingerprint density at radius 3 is 2.31 bits per heavy atom. The minimum Gasteiger partial charge on any atom is -0.389 e. The highest BCUT2D eigenvalue weighted by atomic mass is 16.3. The molecule has 2 heteroatoms. The molecule has 0 saturated carbocycles. The van der Waals surface area contributed by atoms with E-state index in [9.17, 15) is 0 Å². The highest BCUT2D eigenvalue weighted by Gasteiger charge is 1.99. The van der Waals surface area contributed by atoms with Gasteiger partial charge in [0.1, 0.15) is 0 Å². The summed E-state index contributed by atoms with van der Waals surface area (Å²) in [6.07, 6.45) is 2.26. The first-order valence-electron chi connectivity index (χ1n) is 4.87. The number of aryl methyl sites for hydroxylation is 1. The molecule has 2 nitrogen and oxygen atoms in total. The number of rotatable bonds is 2. The Morgan fingerprint density at radius 2 is 2.00 bits per heavy atom. The molecule has 0 saturated heterocycles. The maximum absolute atomic E-state index is 9.15.